The molecule has 3 N–H and O–H groups in total. The number of carbonyl (C=O) groups is 1. The van der Waals surface area contributed by atoms with Gasteiger partial charge in [-0.15, -0.1) is 0 Å². The van der Waals surface area contributed by atoms with Crippen molar-refractivity contribution in [2.24, 2.45) is 11.3 Å². The number of amides is 2. The normalized spacial score (nSPS) is 24.9. The van der Waals surface area contributed by atoms with E-state index < -0.39 is 0 Å². The number of aliphatic hydroxyl groups excluding tert-OH is 1. The van der Waals surface area contributed by atoms with Crippen LogP contribution in [0.1, 0.15) is 46.5 Å². The molecular formula is C16H31N3O2. The molecule has 2 rings (SSSR count). The van der Waals surface area contributed by atoms with E-state index in [1.54, 1.807) is 0 Å². The summed E-state index contributed by atoms with van der Waals surface area (Å²) in [6.07, 6.45) is 4.66. The van der Waals surface area contributed by atoms with Gasteiger partial charge >= 0.3 is 6.03 Å². The highest BCUT2D eigenvalue weighted by Gasteiger charge is 2.34. The Balaban J connectivity index is 1.64. The van der Waals surface area contributed by atoms with E-state index in [0.717, 1.165) is 25.6 Å². The molecule has 2 fully saturated rings. The maximum Gasteiger partial charge on any atom is 0.315 e. The van der Waals surface area contributed by atoms with Crippen LogP contribution in [0.4, 0.5) is 4.79 Å². The van der Waals surface area contributed by atoms with Crippen molar-refractivity contribution in [2.45, 2.75) is 58.5 Å². The van der Waals surface area contributed by atoms with Gasteiger partial charge in [0.15, 0.2) is 0 Å². The van der Waals surface area contributed by atoms with Gasteiger partial charge in [-0.2, -0.15) is 0 Å². The second-order valence-electron chi connectivity index (χ2n) is 7.88. The highest BCUT2D eigenvalue weighted by atomic mass is 16.3. The molecule has 1 saturated heterocycles. The first kappa shape index (κ1) is 16.6. The van der Waals surface area contributed by atoms with Gasteiger partial charge in [0.1, 0.15) is 0 Å². The zero-order valence-electron chi connectivity index (χ0n) is 13.7. The Morgan fingerprint density at radius 3 is 2.62 bits per heavy atom. The first-order chi connectivity index (χ1) is 9.87. The van der Waals surface area contributed by atoms with Crippen molar-refractivity contribution in [2.75, 3.05) is 26.2 Å². The first-order valence-electron chi connectivity index (χ1n) is 8.26. The van der Waals surface area contributed by atoms with E-state index in [4.69, 9.17) is 0 Å². The SMILES string of the molecule is CC(C)(C)CC(CO)NC(=O)NCC1CCN(C2CC2)C1. The molecule has 1 aliphatic heterocycles. The molecule has 5 heteroatoms. The largest absolute Gasteiger partial charge is 0.394 e. The summed E-state index contributed by atoms with van der Waals surface area (Å²) >= 11 is 0. The molecule has 2 aliphatic rings. The van der Waals surface area contributed by atoms with Gasteiger partial charge in [0.2, 0.25) is 0 Å². The maximum atomic E-state index is 11.9. The summed E-state index contributed by atoms with van der Waals surface area (Å²) in [6.45, 7) is 9.37. The third-order valence-corrected chi connectivity index (χ3v) is 4.35. The van der Waals surface area contributed by atoms with Crippen LogP contribution in [0.3, 0.4) is 0 Å². The molecule has 2 amide bonds. The minimum absolute atomic E-state index is 0.0103. The molecule has 0 spiro atoms. The van der Waals surface area contributed by atoms with Crippen LogP contribution in [0.15, 0.2) is 0 Å². The number of rotatable bonds is 6. The third kappa shape index (κ3) is 5.83. The second kappa shape index (κ2) is 6.97. The molecule has 21 heavy (non-hydrogen) atoms. The number of urea groups is 1. The van der Waals surface area contributed by atoms with E-state index in [1.165, 1.54) is 25.8 Å². The number of likely N-dealkylation sites (tertiary alicyclic amines) is 1. The number of nitrogens with one attached hydrogen (secondary N) is 2. The van der Waals surface area contributed by atoms with Gasteiger partial charge in [-0.05, 0) is 43.6 Å². The summed E-state index contributed by atoms with van der Waals surface area (Å²) in [6, 6.07) is 0.508. The lowest BCUT2D eigenvalue weighted by atomic mass is 9.88. The van der Waals surface area contributed by atoms with Crippen molar-refractivity contribution in [3.63, 3.8) is 0 Å². The van der Waals surface area contributed by atoms with E-state index in [2.05, 4.69) is 36.3 Å². The molecule has 2 atom stereocenters. The standard InChI is InChI=1S/C16H31N3O2/c1-16(2,3)8-13(11-20)18-15(21)17-9-12-6-7-19(10-12)14-4-5-14/h12-14,20H,4-11H2,1-3H3,(H2,17,18,21). The van der Waals surface area contributed by atoms with Crippen molar-refractivity contribution in [3.05, 3.63) is 0 Å². The third-order valence-electron chi connectivity index (χ3n) is 4.35. The van der Waals surface area contributed by atoms with Crippen LogP contribution in [0.2, 0.25) is 0 Å². The fourth-order valence-corrected chi connectivity index (χ4v) is 3.17. The number of hydrogen-bond acceptors (Lipinski definition) is 3. The molecule has 122 valence electrons. The molecule has 1 saturated carbocycles. The quantitative estimate of drug-likeness (QED) is 0.697. The van der Waals surface area contributed by atoms with Gasteiger partial charge in [-0.1, -0.05) is 20.8 Å². The molecule has 2 unspecified atom stereocenters. The zero-order chi connectivity index (χ0) is 15.5. The zero-order valence-corrected chi connectivity index (χ0v) is 13.7. The van der Waals surface area contributed by atoms with Crippen LogP contribution in [0.25, 0.3) is 0 Å². The van der Waals surface area contributed by atoms with E-state index in [1.807, 2.05) is 0 Å². The number of nitrogens with zero attached hydrogens (tertiary/aromatic N) is 1. The monoisotopic (exact) mass is 297 g/mol. The van der Waals surface area contributed by atoms with Gasteiger partial charge in [-0.25, -0.2) is 4.79 Å². The fourth-order valence-electron chi connectivity index (χ4n) is 3.17. The van der Waals surface area contributed by atoms with Crippen molar-refractivity contribution >= 4 is 6.03 Å². The Hall–Kier alpha value is -0.810. The van der Waals surface area contributed by atoms with Crippen molar-refractivity contribution in [1.29, 1.82) is 0 Å². The highest BCUT2D eigenvalue weighted by Crippen LogP contribution is 2.31. The summed E-state index contributed by atoms with van der Waals surface area (Å²) in [5.41, 5.74) is 0.0941. The molecular weight excluding hydrogens is 266 g/mol. The highest BCUT2D eigenvalue weighted by molar-refractivity contribution is 5.74. The van der Waals surface area contributed by atoms with Crippen LogP contribution in [0, 0.1) is 11.3 Å². The van der Waals surface area contributed by atoms with Crippen LogP contribution < -0.4 is 10.6 Å². The maximum absolute atomic E-state index is 11.9. The summed E-state index contributed by atoms with van der Waals surface area (Å²) in [7, 11) is 0. The Bertz CT molecular complexity index is 350. The van der Waals surface area contributed by atoms with Gasteiger partial charge in [0, 0.05) is 19.1 Å². The van der Waals surface area contributed by atoms with Crippen molar-refractivity contribution in [1.82, 2.24) is 15.5 Å². The predicted molar refractivity (Wildman–Crippen MR) is 84.2 cm³/mol. The lowest BCUT2D eigenvalue weighted by Gasteiger charge is -2.25. The summed E-state index contributed by atoms with van der Waals surface area (Å²) in [4.78, 5) is 14.5. The minimum atomic E-state index is -0.170. The Morgan fingerprint density at radius 2 is 2.05 bits per heavy atom. The number of aliphatic hydroxyl groups is 1. The number of carbonyl (C=O) groups excluding carboxylic acids is 1. The van der Waals surface area contributed by atoms with Crippen LogP contribution in [-0.4, -0.2) is 54.4 Å². The molecule has 1 aliphatic carbocycles. The van der Waals surface area contributed by atoms with Crippen LogP contribution in [-0.2, 0) is 0 Å². The fraction of sp³-hybridized carbons (Fsp3) is 0.938. The Labute approximate surface area is 128 Å². The average Bonchev–Trinajstić information content (AvgIpc) is 3.13. The molecule has 0 aromatic rings. The molecule has 0 aromatic carbocycles. The molecule has 1 heterocycles. The minimum Gasteiger partial charge on any atom is -0.394 e. The van der Waals surface area contributed by atoms with E-state index in [-0.39, 0.29) is 24.1 Å². The van der Waals surface area contributed by atoms with Crippen LogP contribution in [0.5, 0.6) is 0 Å². The Morgan fingerprint density at radius 1 is 1.33 bits per heavy atom. The lowest BCUT2D eigenvalue weighted by Crippen LogP contribution is -2.46. The van der Waals surface area contributed by atoms with Gasteiger partial charge in [0.05, 0.1) is 12.6 Å². The summed E-state index contributed by atoms with van der Waals surface area (Å²) in [5.74, 6) is 0.576. The van der Waals surface area contributed by atoms with Gasteiger partial charge in [0.25, 0.3) is 0 Å². The van der Waals surface area contributed by atoms with Gasteiger partial charge in [-0.3, -0.25) is 0 Å². The predicted octanol–water partition coefficient (Wildman–Crippen LogP) is 1.57. The molecule has 0 radical (unpaired) electrons. The van der Waals surface area contributed by atoms with Crippen molar-refractivity contribution < 1.29 is 9.90 Å². The lowest BCUT2D eigenvalue weighted by molar-refractivity contribution is 0.190. The topological polar surface area (TPSA) is 64.6 Å². The van der Waals surface area contributed by atoms with Crippen LogP contribution >= 0.6 is 0 Å². The smallest absolute Gasteiger partial charge is 0.315 e. The van der Waals surface area contributed by atoms with Gasteiger partial charge < -0.3 is 20.6 Å². The molecule has 0 aromatic heterocycles. The molecule has 0 bridgehead atoms. The van der Waals surface area contributed by atoms with E-state index >= 15 is 0 Å². The first-order valence-corrected chi connectivity index (χ1v) is 8.26. The second-order valence-corrected chi connectivity index (χ2v) is 7.88. The van der Waals surface area contributed by atoms with E-state index in [9.17, 15) is 9.90 Å². The Kier molecular flexibility index (Phi) is 5.49. The summed E-state index contributed by atoms with van der Waals surface area (Å²) < 4.78 is 0. The van der Waals surface area contributed by atoms with E-state index in [0.29, 0.717) is 5.92 Å². The number of hydrogen-bond donors (Lipinski definition) is 3. The van der Waals surface area contributed by atoms with Crippen molar-refractivity contribution in [3.8, 4) is 0 Å². The summed E-state index contributed by atoms with van der Waals surface area (Å²) in [5, 5.41) is 15.2. The molecule has 5 nitrogen and oxygen atoms in total. The average molecular weight is 297 g/mol.